The fraction of sp³-hybridized carbons (Fsp3) is 1.00. The average molecular weight is 170 g/mol. The molecule has 0 aromatic heterocycles. The first kappa shape index (κ1) is 12.0. The standard InChI is InChI=1S/C11H22.CH4/c1-9(2)7-11-6-4-5-10(3)8-11;/h9-11H,4-8H2,1-3H3;1H4. The molecular weight excluding hydrogens is 144 g/mol. The summed E-state index contributed by atoms with van der Waals surface area (Å²) >= 11 is 0. The summed E-state index contributed by atoms with van der Waals surface area (Å²) in [6, 6.07) is 0. The Morgan fingerprint density at radius 2 is 1.92 bits per heavy atom. The lowest BCUT2D eigenvalue weighted by Crippen LogP contribution is -2.14. The zero-order valence-corrected chi connectivity index (χ0v) is 8.27. The molecule has 2 unspecified atom stereocenters. The predicted octanol–water partition coefficient (Wildman–Crippen LogP) is 4.49. The van der Waals surface area contributed by atoms with Crippen LogP contribution < -0.4 is 0 Å². The van der Waals surface area contributed by atoms with Crippen molar-refractivity contribution in [2.75, 3.05) is 0 Å². The van der Waals surface area contributed by atoms with Gasteiger partial charge in [0.1, 0.15) is 0 Å². The van der Waals surface area contributed by atoms with Gasteiger partial charge in [-0.25, -0.2) is 0 Å². The maximum absolute atomic E-state index is 2.41. The van der Waals surface area contributed by atoms with Crippen molar-refractivity contribution in [2.24, 2.45) is 17.8 Å². The highest BCUT2D eigenvalue weighted by Crippen LogP contribution is 2.32. The van der Waals surface area contributed by atoms with E-state index in [9.17, 15) is 0 Å². The Balaban J connectivity index is 0.00000121. The Kier molecular flexibility index (Phi) is 5.61. The van der Waals surface area contributed by atoms with E-state index in [0.29, 0.717) is 0 Å². The van der Waals surface area contributed by atoms with E-state index in [0.717, 1.165) is 17.8 Å². The summed E-state index contributed by atoms with van der Waals surface area (Å²) in [5.41, 5.74) is 0. The summed E-state index contributed by atoms with van der Waals surface area (Å²) in [5.74, 6) is 2.97. The zero-order chi connectivity index (χ0) is 8.27. The van der Waals surface area contributed by atoms with E-state index >= 15 is 0 Å². The molecule has 2 atom stereocenters. The normalized spacial score (nSPS) is 30.0. The fourth-order valence-corrected chi connectivity index (χ4v) is 2.44. The van der Waals surface area contributed by atoms with Crippen LogP contribution in [0.25, 0.3) is 0 Å². The van der Waals surface area contributed by atoms with Gasteiger partial charge in [0.25, 0.3) is 0 Å². The summed E-state index contributed by atoms with van der Waals surface area (Å²) in [6.07, 6.45) is 7.43. The molecule has 12 heavy (non-hydrogen) atoms. The van der Waals surface area contributed by atoms with Crippen LogP contribution in [0.1, 0.15) is 60.3 Å². The molecule has 0 heterocycles. The molecule has 0 bridgehead atoms. The molecule has 1 rings (SSSR count). The average Bonchev–Trinajstić information content (AvgIpc) is 1.85. The molecular formula is C12H26. The first-order chi connectivity index (χ1) is 5.18. The Morgan fingerprint density at radius 1 is 1.25 bits per heavy atom. The van der Waals surface area contributed by atoms with Crippen LogP contribution in [0.2, 0.25) is 0 Å². The molecule has 0 radical (unpaired) electrons. The van der Waals surface area contributed by atoms with E-state index < -0.39 is 0 Å². The van der Waals surface area contributed by atoms with E-state index in [-0.39, 0.29) is 7.43 Å². The van der Waals surface area contributed by atoms with Gasteiger partial charge in [-0.2, -0.15) is 0 Å². The molecule has 1 saturated carbocycles. The highest BCUT2D eigenvalue weighted by Gasteiger charge is 2.19. The van der Waals surface area contributed by atoms with E-state index in [1.54, 1.807) is 0 Å². The van der Waals surface area contributed by atoms with Gasteiger partial charge >= 0.3 is 0 Å². The monoisotopic (exact) mass is 170 g/mol. The van der Waals surface area contributed by atoms with Crippen LogP contribution in [0.5, 0.6) is 0 Å². The Morgan fingerprint density at radius 3 is 2.42 bits per heavy atom. The molecule has 0 heteroatoms. The summed E-state index contributed by atoms with van der Waals surface area (Å²) in [7, 11) is 0. The Labute approximate surface area is 78.8 Å². The van der Waals surface area contributed by atoms with Crippen molar-refractivity contribution in [1.29, 1.82) is 0 Å². The van der Waals surface area contributed by atoms with Crippen molar-refractivity contribution in [3.05, 3.63) is 0 Å². The SMILES string of the molecule is C.CC(C)CC1CCCC(C)C1. The minimum atomic E-state index is 0. The third-order valence-corrected chi connectivity index (χ3v) is 2.85. The topological polar surface area (TPSA) is 0 Å². The largest absolute Gasteiger partial charge is 0.0776 e. The number of hydrogen-bond acceptors (Lipinski definition) is 0. The highest BCUT2D eigenvalue weighted by molar-refractivity contribution is 4.71. The van der Waals surface area contributed by atoms with Crippen LogP contribution in [-0.4, -0.2) is 0 Å². The van der Waals surface area contributed by atoms with Crippen molar-refractivity contribution >= 4 is 0 Å². The van der Waals surface area contributed by atoms with Crippen LogP contribution in [0.4, 0.5) is 0 Å². The van der Waals surface area contributed by atoms with Gasteiger partial charge in [-0.1, -0.05) is 47.5 Å². The third-order valence-electron chi connectivity index (χ3n) is 2.85. The molecule has 0 N–H and O–H groups in total. The molecule has 1 aliphatic carbocycles. The van der Waals surface area contributed by atoms with Crippen LogP contribution >= 0.6 is 0 Å². The lowest BCUT2D eigenvalue weighted by Gasteiger charge is -2.27. The Hall–Kier alpha value is 0. The molecule has 0 spiro atoms. The predicted molar refractivity (Wildman–Crippen MR) is 57.3 cm³/mol. The first-order valence-corrected chi connectivity index (χ1v) is 5.18. The van der Waals surface area contributed by atoms with Crippen LogP contribution in [0, 0.1) is 17.8 Å². The smallest absolute Gasteiger partial charge is 0.0409 e. The van der Waals surface area contributed by atoms with E-state index in [2.05, 4.69) is 20.8 Å². The molecule has 0 aliphatic heterocycles. The van der Waals surface area contributed by atoms with Gasteiger partial charge in [-0.15, -0.1) is 0 Å². The van der Waals surface area contributed by atoms with E-state index in [4.69, 9.17) is 0 Å². The second-order valence-corrected chi connectivity index (χ2v) is 4.77. The van der Waals surface area contributed by atoms with Crippen molar-refractivity contribution in [3.8, 4) is 0 Å². The number of hydrogen-bond donors (Lipinski definition) is 0. The summed E-state index contributed by atoms with van der Waals surface area (Å²) in [5, 5.41) is 0. The van der Waals surface area contributed by atoms with E-state index in [1.165, 1.54) is 32.1 Å². The molecule has 0 aromatic carbocycles. The second-order valence-electron chi connectivity index (χ2n) is 4.77. The van der Waals surface area contributed by atoms with Crippen LogP contribution in [-0.2, 0) is 0 Å². The molecule has 0 amide bonds. The van der Waals surface area contributed by atoms with Crippen molar-refractivity contribution < 1.29 is 0 Å². The quantitative estimate of drug-likeness (QED) is 0.572. The van der Waals surface area contributed by atoms with Crippen LogP contribution in [0.3, 0.4) is 0 Å². The molecule has 74 valence electrons. The molecule has 0 aromatic rings. The van der Waals surface area contributed by atoms with Crippen molar-refractivity contribution in [1.82, 2.24) is 0 Å². The van der Waals surface area contributed by atoms with Crippen molar-refractivity contribution in [3.63, 3.8) is 0 Å². The van der Waals surface area contributed by atoms with Gasteiger partial charge in [0.15, 0.2) is 0 Å². The maximum atomic E-state index is 2.41. The van der Waals surface area contributed by atoms with E-state index in [1.807, 2.05) is 0 Å². The lowest BCUT2D eigenvalue weighted by molar-refractivity contribution is 0.248. The molecule has 1 aliphatic rings. The van der Waals surface area contributed by atoms with Gasteiger partial charge in [0.05, 0.1) is 0 Å². The second kappa shape index (κ2) is 5.61. The van der Waals surface area contributed by atoms with Gasteiger partial charge in [-0.05, 0) is 30.6 Å². The summed E-state index contributed by atoms with van der Waals surface area (Å²) in [4.78, 5) is 0. The number of rotatable bonds is 2. The highest BCUT2D eigenvalue weighted by atomic mass is 14.2. The van der Waals surface area contributed by atoms with Crippen LogP contribution in [0.15, 0.2) is 0 Å². The van der Waals surface area contributed by atoms with Crippen molar-refractivity contribution in [2.45, 2.75) is 60.3 Å². The minimum absolute atomic E-state index is 0. The first-order valence-electron chi connectivity index (χ1n) is 5.18. The third kappa shape index (κ3) is 4.13. The minimum Gasteiger partial charge on any atom is -0.0776 e. The van der Waals surface area contributed by atoms with Gasteiger partial charge in [-0.3, -0.25) is 0 Å². The van der Waals surface area contributed by atoms with Gasteiger partial charge < -0.3 is 0 Å². The van der Waals surface area contributed by atoms with Gasteiger partial charge in [0.2, 0.25) is 0 Å². The lowest BCUT2D eigenvalue weighted by atomic mass is 9.79. The fourth-order valence-electron chi connectivity index (χ4n) is 2.44. The summed E-state index contributed by atoms with van der Waals surface area (Å²) < 4.78 is 0. The zero-order valence-electron chi connectivity index (χ0n) is 8.27. The summed E-state index contributed by atoms with van der Waals surface area (Å²) in [6.45, 7) is 7.10. The molecule has 0 saturated heterocycles. The Bertz CT molecular complexity index is 103. The molecule has 1 fully saturated rings. The van der Waals surface area contributed by atoms with Gasteiger partial charge in [0, 0.05) is 0 Å². The maximum Gasteiger partial charge on any atom is -0.0409 e. The molecule has 0 nitrogen and oxygen atoms in total.